The Hall–Kier alpha value is -1.26. The first-order valence-electron chi connectivity index (χ1n) is 8.23. The zero-order valence-corrected chi connectivity index (χ0v) is 13.0. The van der Waals surface area contributed by atoms with Crippen LogP contribution < -0.4 is 5.32 Å². The molecule has 3 unspecified atom stereocenters. The molecule has 0 bridgehead atoms. The highest BCUT2D eigenvalue weighted by Crippen LogP contribution is 2.42. The van der Waals surface area contributed by atoms with Crippen molar-refractivity contribution in [3.8, 4) is 0 Å². The standard InChI is InChI=1S/C16H26N2O3/c1-16(2,11-7-8-11)17-15(21)18-12-6-4-3-5-10(12)9-13(18)14(19)20/h10-13H,3-9H2,1-2H3,(H,17,21)(H,19,20). The number of likely N-dealkylation sites (tertiary alicyclic amines) is 1. The van der Waals surface area contributed by atoms with Gasteiger partial charge in [-0.15, -0.1) is 0 Å². The molecular weight excluding hydrogens is 268 g/mol. The average Bonchev–Trinajstić information content (AvgIpc) is 3.18. The minimum atomic E-state index is -0.858. The zero-order valence-electron chi connectivity index (χ0n) is 13.0. The minimum Gasteiger partial charge on any atom is -0.480 e. The molecule has 0 radical (unpaired) electrons. The highest BCUT2D eigenvalue weighted by Gasteiger charge is 2.49. The predicted octanol–water partition coefficient (Wildman–Crippen LogP) is 2.60. The Balaban J connectivity index is 1.76. The van der Waals surface area contributed by atoms with E-state index in [0.29, 0.717) is 18.3 Å². The first-order chi connectivity index (χ1) is 9.90. The van der Waals surface area contributed by atoms with E-state index in [1.165, 1.54) is 0 Å². The monoisotopic (exact) mass is 294 g/mol. The van der Waals surface area contributed by atoms with Crippen molar-refractivity contribution in [2.24, 2.45) is 11.8 Å². The molecule has 1 aliphatic heterocycles. The SMILES string of the molecule is CC(C)(NC(=O)N1C(C(=O)O)CC2CCCCC21)C1CC1. The molecule has 5 heteroatoms. The normalized spacial score (nSPS) is 32.7. The van der Waals surface area contributed by atoms with E-state index in [0.717, 1.165) is 38.5 Å². The van der Waals surface area contributed by atoms with E-state index in [-0.39, 0.29) is 17.6 Å². The second-order valence-corrected chi connectivity index (χ2v) is 7.54. The number of nitrogens with zero attached hydrogens (tertiary/aromatic N) is 1. The van der Waals surface area contributed by atoms with Crippen LogP contribution in [0.4, 0.5) is 4.79 Å². The van der Waals surface area contributed by atoms with Gasteiger partial charge in [0.25, 0.3) is 0 Å². The number of amides is 2. The number of hydrogen-bond donors (Lipinski definition) is 2. The summed E-state index contributed by atoms with van der Waals surface area (Å²) >= 11 is 0. The van der Waals surface area contributed by atoms with Gasteiger partial charge in [-0.2, -0.15) is 0 Å². The molecule has 0 aromatic rings. The Bertz CT molecular complexity index is 445. The summed E-state index contributed by atoms with van der Waals surface area (Å²) in [5.74, 6) is 0.0490. The van der Waals surface area contributed by atoms with Crippen molar-refractivity contribution in [3.05, 3.63) is 0 Å². The summed E-state index contributed by atoms with van der Waals surface area (Å²) in [5.41, 5.74) is -0.229. The van der Waals surface area contributed by atoms with Crippen molar-refractivity contribution in [2.45, 2.75) is 76.4 Å². The van der Waals surface area contributed by atoms with Crippen molar-refractivity contribution in [2.75, 3.05) is 0 Å². The smallest absolute Gasteiger partial charge is 0.326 e. The zero-order chi connectivity index (χ0) is 15.2. The van der Waals surface area contributed by atoms with Gasteiger partial charge in [-0.1, -0.05) is 12.8 Å². The third-order valence-corrected chi connectivity index (χ3v) is 5.63. The van der Waals surface area contributed by atoms with Gasteiger partial charge in [0.15, 0.2) is 0 Å². The highest BCUT2D eigenvalue weighted by atomic mass is 16.4. The van der Waals surface area contributed by atoms with Gasteiger partial charge < -0.3 is 15.3 Å². The fraction of sp³-hybridized carbons (Fsp3) is 0.875. The summed E-state index contributed by atoms with van der Waals surface area (Å²) < 4.78 is 0. The number of fused-ring (bicyclic) bond motifs is 1. The van der Waals surface area contributed by atoms with E-state index in [4.69, 9.17) is 0 Å². The lowest BCUT2D eigenvalue weighted by molar-refractivity contribution is -0.141. The van der Waals surface area contributed by atoms with Crippen molar-refractivity contribution in [3.63, 3.8) is 0 Å². The Morgan fingerprint density at radius 1 is 1.14 bits per heavy atom. The number of carboxylic acids is 1. The molecule has 3 aliphatic rings. The molecule has 3 rings (SSSR count). The molecule has 0 aromatic carbocycles. The maximum absolute atomic E-state index is 12.7. The maximum atomic E-state index is 12.7. The molecule has 2 amide bonds. The molecule has 3 fully saturated rings. The quantitative estimate of drug-likeness (QED) is 0.840. The Morgan fingerprint density at radius 2 is 1.81 bits per heavy atom. The first-order valence-corrected chi connectivity index (χ1v) is 8.23. The van der Waals surface area contributed by atoms with Gasteiger partial charge in [0.05, 0.1) is 0 Å². The van der Waals surface area contributed by atoms with Crippen molar-refractivity contribution < 1.29 is 14.7 Å². The summed E-state index contributed by atoms with van der Waals surface area (Å²) in [5, 5.41) is 12.6. The molecule has 2 N–H and O–H groups in total. The van der Waals surface area contributed by atoms with Crippen molar-refractivity contribution in [1.82, 2.24) is 10.2 Å². The van der Waals surface area contributed by atoms with Crippen molar-refractivity contribution >= 4 is 12.0 Å². The van der Waals surface area contributed by atoms with E-state index < -0.39 is 12.0 Å². The summed E-state index contributed by atoms with van der Waals surface area (Å²) in [7, 11) is 0. The van der Waals surface area contributed by atoms with E-state index in [1.54, 1.807) is 4.90 Å². The lowest BCUT2D eigenvalue weighted by Crippen LogP contribution is -2.56. The van der Waals surface area contributed by atoms with E-state index in [9.17, 15) is 14.7 Å². The number of hydrogen-bond acceptors (Lipinski definition) is 2. The van der Waals surface area contributed by atoms with Crippen molar-refractivity contribution in [1.29, 1.82) is 0 Å². The molecule has 21 heavy (non-hydrogen) atoms. The third kappa shape index (κ3) is 2.74. The fourth-order valence-electron chi connectivity index (χ4n) is 4.22. The Morgan fingerprint density at radius 3 is 2.43 bits per heavy atom. The van der Waals surface area contributed by atoms with Gasteiger partial charge >= 0.3 is 12.0 Å². The van der Waals surface area contributed by atoms with Crippen LogP contribution in [0.3, 0.4) is 0 Å². The van der Waals surface area contributed by atoms with E-state index in [2.05, 4.69) is 5.32 Å². The van der Waals surface area contributed by atoms with E-state index in [1.807, 2.05) is 13.8 Å². The average molecular weight is 294 g/mol. The molecule has 0 aromatic heterocycles. The van der Waals surface area contributed by atoms with Gasteiger partial charge in [0.2, 0.25) is 0 Å². The number of nitrogens with one attached hydrogen (secondary N) is 1. The van der Waals surface area contributed by atoms with Gasteiger partial charge in [-0.25, -0.2) is 9.59 Å². The molecule has 3 atom stereocenters. The number of carboxylic acid groups (broad SMARTS) is 1. The molecule has 1 saturated heterocycles. The number of carbonyl (C=O) groups is 2. The summed E-state index contributed by atoms with van der Waals surface area (Å²) in [4.78, 5) is 25.9. The number of urea groups is 1. The van der Waals surface area contributed by atoms with Crippen LogP contribution in [0.5, 0.6) is 0 Å². The second-order valence-electron chi connectivity index (χ2n) is 7.54. The van der Waals surface area contributed by atoms with Crippen LogP contribution in [-0.4, -0.2) is 39.6 Å². The van der Waals surface area contributed by atoms with Crippen LogP contribution in [0.1, 0.15) is 58.8 Å². The Labute approximate surface area is 126 Å². The maximum Gasteiger partial charge on any atom is 0.326 e. The van der Waals surface area contributed by atoms with E-state index >= 15 is 0 Å². The van der Waals surface area contributed by atoms with Crippen LogP contribution in [0.2, 0.25) is 0 Å². The topological polar surface area (TPSA) is 69.6 Å². The molecular formula is C16H26N2O3. The van der Waals surface area contributed by atoms with Crippen LogP contribution >= 0.6 is 0 Å². The Kier molecular flexibility index (Phi) is 3.62. The summed E-state index contributed by atoms with van der Waals surface area (Å²) in [6, 6.07) is -0.698. The van der Waals surface area contributed by atoms with Gasteiger partial charge in [0.1, 0.15) is 6.04 Å². The summed E-state index contributed by atoms with van der Waals surface area (Å²) in [6.07, 6.45) is 7.20. The molecule has 2 aliphatic carbocycles. The second kappa shape index (κ2) is 5.18. The van der Waals surface area contributed by atoms with Gasteiger partial charge in [-0.3, -0.25) is 0 Å². The predicted molar refractivity (Wildman–Crippen MR) is 79.0 cm³/mol. The van der Waals surface area contributed by atoms with Crippen LogP contribution in [0, 0.1) is 11.8 Å². The molecule has 0 spiro atoms. The fourth-order valence-corrected chi connectivity index (χ4v) is 4.22. The van der Waals surface area contributed by atoms with Crippen LogP contribution in [0.15, 0.2) is 0 Å². The third-order valence-electron chi connectivity index (χ3n) is 5.63. The highest BCUT2D eigenvalue weighted by molar-refractivity contribution is 5.84. The summed E-state index contributed by atoms with van der Waals surface area (Å²) in [6.45, 7) is 4.10. The molecule has 1 heterocycles. The van der Waals surface area contributed by atoms with Gasteiger partial charge in [0, 0.05) is 11.6 Å². The van der Waals surface area contributed by atoms with Crippen LogP contribution in [0.25, 0.3) is 0 Å². The number of aliphatic carboxylic acids is 1. The molecule has 2 saturated carbocycles. The lowest BCUT2D eigenvalue weighted by Gasteiger charge is -2.36. The number of carbonyl (C=O) groups excluding carboxylic acids is 1. The van der Waals surface area contributed by atoms with Gasteiger partial charge in [-0.05, 0) is 57.8 Å². The largest absolute Gasteiger partial charge is 0.480 e. The molecule has 5 nitrogen and oxygen atoms in total. The number of rotatable bonds is 3. The van der Waals surface area contributed by atoms with Crippen LogP contribution in [-0.2, 0) is 4.79 Å². The minimum absolute atomic E-state index is 0.120. The first kappa shape index (κ1) is 14.7. The lowest BCUT2D eigenvalue weighted by atomic mass is 9.85. The molecule has 118 valence electrons.